The molecule has 1 atom stereocenters. The van der Waals surface area contributed by atoms with Crippen LogP contribution < -0.4 is 4.74 Å². The molecule has 0 spiro atoms. The molecule has 184 valence electrons. The number of alkyl halides is 2. The summed E-state index contributed by atoms with van der Waals surface area (Å²) in [5, 5.41) is 4.23. The third-order valence-electron chi connectivity index (χ3n) is 5.62. The number of ether oxygens (including phenoxy) is 2. The van der Waals surface area contributed by atoms with Crippen LogP contribution in [0, 0.1) is 11.8 Å². The van der Waals surface area contributed by atoms with Gasteiger partial charge in [-0.25, -0.2) is 18.3 Å². The minimum absolute atomic E-state index is 0.0259. The fourth-order valence-corrected chi connectivity index (χ4v) is 3.85. The summed E-state index contributed by atoms with van der Waals surface area (Å²) in [5.41, 5.74) is 3.91. The first-order valence-corrected chi connectivity index (χ1v) is 11.5. The minimum atomic E-state index is -2.51. The van der Waals surface area contributed by atoms with Gasteiger partial charge in [0.15, 0.2) is 5.65 Å². The van der Waals surface area contributed by atoms with Gasteiger partial charge < -0.3 is 9.47 Å². The first-order valence-electron chi connectivity index (χ1n) is 11.5. The minimum Gasteiger partial charge on any atom is -0.489 e. The standard InChI is InChI=1S/C28H25F2N3O3/c1-3-5-22(15-26(34)35-4-2)19-10-12-25(13-11-19)36-17-24-14-23(16-33-28(24)31-18-32-33)20-6-8-21(9-7-20)27(29)30/h6-14,16,18,22,27H,4,15,17H2,1-2H3/t22-/m0/s1. The van der Waals surface area contributed by atoms with Crippen molar-refractivity contribution >= 4 is 11.6 Å². The average Bonchev–Trinajstić information content (AvgIpc) is 3.36. The van der Waals surface area contributed by atoms with Gasteiger partial charge in [0, 0.05) is 22.9 Å². The molecular weight excluding hydrogens is 464 g/mol. The molecule has 0 bridgehead atoms. The summed E-state index contributed by atoms with van der Waals surface area (Å²) in [5.74, 6) is 6.04. The monoisotopic (exact) mass is 489 g/mol. The molecule has 4 aromatic rings. The Morgan fingerprint density at radius 2 is 1.78 bits per heavy atom. The molecule has 2 aromatic carbocycles. The lowest BCUT2D eigenvalue weighted by molar-refractivity contribution is -0.143. The summed E-state index contributed by atoms with van der Waals surface area (Å²) in [6, 6.07) is 15.5. The van der Waals surface area contributed by atoms with E-state index >= 15 is 0 Å². The summed E-state index contributed by atoms with van der Waals surface area (Å²) in [7, 11) is 0. The fraction of sp³-hybridized carbons (Fsp3) is 0.250. The molecule has 0 aliphatic rings. The molecule has 2 heterocycles. The number of rotatable bonds is 9. The van der Waals surface area contributed by atoms with Crippen molar-refractivity contribution in [2.45, 2.75) is 39.2 Å². The maximum absolute atomic E-state index is 12.9. The van der Waals surface area contributed by atoms with E-state index in [1.807, 2.05) is 30.3 Å². The second-order valence-electron chi connectivity index (χ2n) is 8.02. The van der Waals surface area contributed by atoms with Crippen LogP contribution in [0.15, 0.2) is 67.1 Å². The van der Waals surface area contributed by atoms with Crippen molar-refractivity contribution in [2.75, 3.05) is 6.61 Å². The van der Waals surface area contributed by atoms with Crippen LogP contribution in [0.4, 0.5) is 8.78 Å². The Morgan fingerprint density at radius 3 is 2.44 bits per heavy atom. The Hall–Kier alpha value is -4.25. The molecule has 0 radical (unpaired) electrons. The molecule has 8 heteroatoms. The highest BCUT2D eigenvalue weighted by atomic mass is 19.3. The number of halogens is 2. The summed E-state index contributed by atoms with van der Waals surface area (Å²) in [6.45, 7) is 4.07. The summed E-state index contributed by atoms with van der Waals surface area (Å²) in [6.07, 6.45) is 0.929. The highest BCUT2D eigenvalue weighted by Gasteiger charge is 2.15. The molecule has 0 amide bonds. The van der Waals surface area contributed by atoms with Crippen LogP contribution in [0.5, 0.6) is 5.75 Å². The zero-order chi connectivity index (χ0) is 25.5. The van der Waals surface area contributed by atoms with Crippen LogP contribution in [0.3, 0.4) is 0 Å². The van der Waals surface area contributed by atoms with Crippen LogP contribution in [0.2, 0.25) is 0 Å². The number of esters is 1. The second kappa shape index (κ2) is 11.5. The number of carbonyl (C=O) groups is 1. The van der Waals surface area contributed by atoms with Crippen LogP contribution in [0.25, 0.3) is 16.8 Å². The summed E-state index contributed by atoms with van der Waals surface area (Å²) < 4.78 is 38.6. The number of hydrogen-bond acceptors (Lipinski definition) is 5. The van der Waals surface area contributed by atoms with Gasteiger partial charge in [-0.2, -0.15) is 5.10 Å². The molecule has 2 aromatic heterocycles. The Kier molecular flexibility index (Phi) is 7.91. The van der Waals surface area contributed by atoms with Crippen LogP contribution in [0.1, 0.15) is 49.3 Å². The van der Waals surface area contributed by atoms with E-state index in [9.17, 15) is 13.6 Å². The van der Waals surface area contributed by atoms with Crippen molar-refractivity contribution < 1.29 is 23.0 Å². The van der Waals surface area contributed by atoms with Gasteiger partial charge in [0.2, 0.25) is 0 Å². The number of pyridine rings is 1. The van der Waals surface area contributed by atoms with Gasteiger partial charge in [0.25, 0.3) is 6.43 Å². The van der Waals surface area contributed by atoms with E-state index in [0.717, 1.165) is 22.3 Å². The van der Waals surface area contributed by atoms with Crippen molar-refractivity contribution in [1.29, 1.82) is 0 Å². The molecule has 0 fully saturated rings. The van der Waals surface area contributed by atoms with E-state index in [0.29, 0.717) is 18.0 Å². The van der Waals surface area contributed by atoms with Gasteiger partial charge in [-0.1, -0.05) is 42.3 Å². The molecule has 4 rings (SSSR count). The summed E-state index contributed by atoms with van der Waals surface area (Å²) >= 11 is 0. The third kappa shape index (κ3) is 5.87. The van der Waals surface area contributed by atoms with Gasteiger partial charge in [-0.05, 0) is 43.2 Å². The van der Waals surface area contributed by atoms with Gasteiger partial charge in [0.1, 0.15) is 18.7 Å². The lowest BCUT2D eigenvalue weighted by Gasteiger charge is -2.13. The molecule has 0 aliphatic carbocycles. The first kappa shape index (κ1) is 24.9. The maximum Gasteiger partial charge on any atom is 0.307 e. The van der Waals surface area contributed by atoms with Crippen molar-refractivity contribution in [3.8, 4) is 28.7 Å². The number of carbonyl (C=O) groups excluding carboxylic acids is 1. The van der Waals surface area contributed by atoms with Crippen molar-refractivity contribution in [3.05, 3.63) is 83.8 Å². The Balaban J connectivity index is 1.51. The lowest BCUT2D eigenvalue weighted by atomic mass is 9.96. The molecule has 6 nitrogen and oxygen atoms in total. The Bertz CT molecular complexity index is 1390. The first-order chi connectivity index (χ1) is 17.5. The van der Waals surface area contributed by atoms with Crippen molar-refractivity contribution in [2.24, 2.45) is 0 Å². The van der Waals surface area contributed by atoms with Crippen molar-refractivity contribution in [3.63, 3.8) is 0 Å². The number of nitrogens with zero attached hydrogens (tertiary/aromatic N) is 3. The quantitative estimate of drug-likeness (QED) is 0.214. The van der Waals surface area contributed by atoms with E-state index < -0.39 is 6.43 Å². The van der Waals surface area contributed by atoms with Crippen molar-refractivity contribution in [1.82, 2.24) is 14.6 Å². The Morgan fingerprint density at radius 1 is 1.06 bits per heavy atom. The predicted molar refractivity (Wildman–Crippen MR) is 132 cm³/mol. The number of aromatic nitrogens is 3. The zero-order valence-corrected chi connectivity index (χ0v) is 19.9. The van der Waals surface area contributed by atoms with Gasteiger partial charge in [-0.15, -0.1) is 5.92 Å². The topological polar surface area (TPSA) is 65.7 Å². The normalized spacial score (nSPS) is 11.7. The molecule has 36 heavy (non-hydrogen) atoms. The molecular formula is C28H25F2N3O3. The van der Waals surface area contributed by atoms with E-state index in [2.05, 4.69) is 21.9 Å². The number of hydrogen-bond donors (Lipinski definition) is 0. The highest BCUT2D eigenvalue weighted by Crippen LogP contribution is 2.27. The fourth-order valence-electron chi connectivity index (χ4n) is 3.85. The second-order valence-corrected chi connectivity index (χ2v) is 8.02. The van der Waals surface area contributed by atoms with E-state index in [1.54, 1.807) is 36.7 Å². The highest BCUT2D eigenvalue weighted by molar-refractivity contribution is 5.71. The third-order valence-corrected chi connectivity index (χ3v) is 5.62. The zero-order valence-electron chi connectivity index (χ0n) is 19.9. The Labute approximate surface area is 207 Å². The SMILES string of the molecule is CC#C[C@@H](CC(=O)OCC)c1ccc(OCc2cc(-c3ccc(C(F)F)cc3)cn3ncnc23)cc1. The van der Waals surface area contributed by atoms with Crippen LogP contribution in [-0.4, -0.2) is 27.2 Å². The van der Waals surface area contributed by atoms with E-state index in [4.69, 9.17) is 9.47 Å². The average molecular weight is 490 g/mol. The smallest absolute Gasteiger partial charge is 0.307 e. The van der Waals surface area contributed by atoms with E-state index in [-0.39, 0.29) is 30.5 Å². The largest absolute Gasteiger partial charge is 0.489 e. The number of fused-ring (bicyclic) bond motifs is 1. The molecule has 0 aliphatic heterocycles. The van der Waals surface area contributed by atoms with Crippen LogP contribution >= 0.6 is 0 Å². The predicted octanol–water partition coefficient (Wildman–Crippen LogP) is 5.97. The molecule has 0 N–H and O–H groups in total. The summed E-state index contributed by atoms with van der Waals surface area (Å²) in [4.78, 5) is 16.2. The molecule has 0 unspecified atom stereocenters. The van der Waals surface area contributed by atoms with Gasteiger partial charge >= 0.3 is 5.97 Å². The van der Waals surface area contributed by atoms with Gasteiger partial charge in [-0.3, -0.25) is 4.79 Å². The van der Waals surface area contributed by atoms with Crippen LogP contribution in [-0.2, 0) is 16.1 Å². The van der Waals surface area contributed by atoms with E-state index in [1.165, 1.54) is 18.5 Å². The maximum atomic E-state index is 12.9. The number of benzene rings is 2. The van der Waals surface area contributed by atoms with Gasteiger partial charge in [0.05, 0.1) is 18.9 Å². The molecule has 0 saturated carbocycles. The molecule has 0 saturated heterocycles. The lowest BCUT2D eigenvalue weighted by Crippen LogP contribution is -2.09.